The Bertz CT molecular complexity index is 777. The van der Waals surface area contributed by atoms with Gasteiger partial charge in [-0.05, 0) is 36.6 Å². The van der Waals surface area contributed by atoms with E-state index in [-0.39, 0.29) is 11.8 Å². The topological polar surface area (TPSA) is 76.7 Å². The van der Waals surface area contributed by atoms with Crippen molar-refractivity contribution in [2.24, 2.45) is 0 Å². The molecule has 0 spiro atoms. The summed E-state index contributed by atoms with van der Waals surface area (Å²) in [6.45, 7) is 4.61. The predicted molar refractivity (Wildman–Crippen MR) is 108 cm³/mol. The Labute approximate surface area is 166 Å². The molecular formula is C22H28N2O4. The van der Waals surface area contributed by atoms with Crippen LogP contribution in [0.3, 0.4) is 0 Å². The summed E-state index contributed by atoms with van der Waals surface area (Å²) in [4.78, 5) is 24.9. The zero-order valence-corrected chi connectivity index (χ0v) is 16.7. The molecule has 0 aromatic heterocycles. The third kappa shape index (κ3) is 5.74. The van der Waals surface area contributed by atoms with E-state index in [2.05, 4.69) is 17.8 Å². The van der Waals surface area contributed by atoms with E-state index in [1.165, 1.54) is 7.11 Å². The second kappa shape index (κ2) is 11.0. The number of nitrogens with one attached hydrogen (secondary N) is 2. The van der Waals surface area contributed by atoms with Crippen LogP contribution in [0.15, 0.2) is 48.5 Å². The summed E-state index contributed by atoms with van der Waals surface area (Å²) in [5, 5.41) is 0. The van der Waals surface area contributed by atoms with E-state index in [9.17, 15) is 9.59 Å². The van der Waals surface area contributed by atoms with Crippen LogP contribution in [0.25, 0.3) is 0 Å². The highest BCUT2D eigenvalue weighted by Crippen LogP contribution is 2.28. The Hall–Kier alpha value is -3.02. The van der Waals surface area contributed by atoms with E-state index in [0.29, 0.717) is 30.1 Å². The van der Waals surface area contributed by atoms with Gasteiger partial charge in [0.25, 0.3) is 5.91 Å². The van der Waals surface area contributed by atoms with Crippen LogP contribution >= 0.6 is 0 Å². The van der Waals surface area contributed by atoms with Crippen LogP contribution in [-0.4, -0.2) is 25.5 Å². The number of carbonyl (C=O) groups excluding carboxylic acids is 2. The Kier molecular flexibility index (Phi) is 8.34. The molecule has 0 aliphatic heterocycles. The molecule has 2 aromatic rings. The normalized spacial score (nSPS) is 11.4. The van der Waals surface area contributed by atoms with Crippen LogP contribution in [0.1, 0.15) is 54.9 Å². The summed E-state index contributed by atoms with van der Waals surface area (Å²) < 4.78 is 11.0. The number of rotatable bonds is 9. The first-order chi connectivity index (χ1) is 13.6. The highest BCUT2D eigenvalue weighted by atomic mass is 16.5. The van der Waals surface area contributed by atoms with E-state index in [4.69, 9.17) is 9.47 Å². The molecule has 150 valence electrons. The molecule has 1 unspecified atom stereocenters. The van der Waals surface area contributed by atoms with Crippen LogP contribution in [-0.2, 0) is 4.79 Å². The number of ether oxygens (including phenoxy) is 2. The molecule has 0 aliphatic carbocycles. The monoisotopic (exact) mass is 384 g/mol. The quantitative estimate of drug-likeness (QED) is 0.509. The van der Waals surface area contributed by atoms with Gasteiger partial charge in [-0.2, -0.15) is 0 Å². The molecule has 0 heterocycles. The highest BCUT2D eigenvalue weighted by Gasteiger charge is 2.19. The summed E-state index contributed by atoms with van der Waals surface area (Å²) in [5.41, 5.74) is 6.26. The van der Waals surface area contributed by atoms with Crippen LogP contribution in [0.2, 0.25) is 0 Å². The predicted octanol–water partition coefficient (Wildman–Crippen LogP) is 3.83. The summed E-state index contributed by atoms with van der Waals surface area (Å²) in [7, 11) is 1.52. The lowest BCUT2D eigenvalue weighted by Crippen LogP contribution is -2.43. The van der Waals surface area contributed by atoms with Gasteiger partial charge in [0.1, 0.15) is 0 Å². The molecule has 0 radical (unpaired) electrons. The fraction of sp³-hybridized carbons (Fsp3) is 0.364. The van der Waals surface area contributed by atoms with Gasteiger partial charge in [-0.1, -0.05) is 50.6 Å². The molecule has 2 aromatic carbocycles. The van der Waals surface area contributed by atoms with E-state index in [1.807, 2.05) is 37.3 Å². The van der Waals surface area contributed by atoms with Gasteiger partial charge in [-0.25, -0.2) is 0 Å². The molecule has 28 heavy (non-hydrogen) atoms. The second-order valence-corrected chi connectivity index (χ2v) is 6.38. The molecule has 2 amide bonds. The van der Waals surface area contributed by atoms with Crippen LogP contribution in [0.4, 0.5) is 0 Å². The van der Waals surface area contributed by atoms with E-state index < -0.39 is 5.91 Å². The van der Waals surface area contributed by atoms with Crippen molar-refractivity contribution in [3.05, 3.63) is 59.7 Å². The van der Waals surface area contributed by atoms with Gasteiger partial charge >= 0.3 is 0 Å². The van der Waals surface area contributed by atoms with Gasteiger partial charge in [0.2, 0.25) is 5.91 Å². The number of unbranched alkanes of at least 4 members (excludes halogenated alkanes) is 1. The zero-order valence-electron chi connectivity index (χ0n) is 16.7. The molecule has 6 heteroatoms. The first kappa shape index (κ1) is 21.3. The fourth-order valence-electron chi connectivity index (χ4n) is 2.79. The molecule has 0 saturated carbocycles. The lowest BCUT2D eigenvalue weighted by Gasteiger charge is -2.16. The summed E-state index contributed by atoms with van der Waals surface area (Å²) in [6, 6.07) is 14.4. The van der Waals surface area contributed by atoms with Gasteiger partial charge in [0.05, 0.1) is 19.6 Å². The van der Waals surface area contributed by atoms with Crippen LogP contribution in [0.5, 0.6) is 11.5 Å². The molecule has 0 fully saturated rings. The Morgan fingerprint density at radius 2 is 1.75 bits per heavy atom. The van der Waals surface area contributed by atoms with Gasteiger partial charge < -0.3 is 9.47 Å². The van der Waals surface area contributed by atoms with Gasteiger partial charge in [0, 0.05) is 5.56 Å². The van der Waals surface area contributed by atoms with Crippen molar-refractivity contribution in [1.29, 1.82) is 0 Å². The summed E-state index contributed by atoms with van der Waals surface area (Å²) in [5.74, 6) is 0.0612. The van der Waals surface area contributed by atoms with Crippen molar-refractivity contribution in [2.75, 3.05) is 13.7 Å². The summed E-state index contributed by atoms with van der Waals surface area (Å²) in [6.07, 6.45) is 2.60. The summed E-state index contributed by atoms with van der Waals surface area (Å²) >= 11 is 0. The number of methoxy groups -OCH3 is 1. The van der Waals surface area contributed by atoms with Gasteiger partial charge in [-0.3, -0.25) is 20.4 Å². The minimum Gasteiger partial charge on any atom is -0.493 e. The largest absolute Gasteiger partial charge is 0.493 e. The zero-order chi connectivity index (χ0) is 20.4. The minimum absolute atomic E-state index is 0.256. The first-order valence-corrected chi connectivity index (χ1v) is 9.56. The molecule has 0 bridgehead atoms. The maximum absolute atomic E-state index is 12.5. The maximum Gasteiger partial charge on any atom is 0.269 e. The number of hydrazine groups is 1. The van der Waals surface area contributed by atoms with E-state index in [1.54, 1.807) is 18.2 Å². The first-order valence-electron chi connectivity index (χ1n) is 9.56. The Morgan fingerprint density at radius 3 is 2.39 bits per heavy atom. The maximum atomic E-state index is 12.5. The van der Waals surface area contributed by atoms with Gasteiger partial charge in [-0.15, -0.1) is 0 Å². The van der Waals surface area contributed by atoms with E-state index >= 15 is 0 Å². The van der Waals surface area contributed by atoms with E-state index in [0.717, 1.165) is 18.4 Å². The van der Waals surface area contributed by atoms with Crippen molar-refractivity contribution >= 4 is 11.8 Å². The number of amides is 2. The molecule has 1 atom stereocenters. The lowest BCUT2D eigenvalue weighted by molar-refractivity contribution is -0.123. The standard InChI is InChI=1S/C22H28N2O4/c1-4-6-14-28-19-13-12-17(15-20(19)27-3)21(25)23-24-22(26)18(5-2)16-10-8-7-9-11-16/h7-13,15,18H,4-6,14H2,1-3H3,(H,23,25)(H,24,26). The highest BCUT2D eigenvalue weighted by molar-refractivity contribution is 5.96. The van der Waals surface area contributed by atoms with Gasteiger partial charge in [0.15, 0.2) is 11.5 Å². The van der Waals surface area contributed by atoms with Crippen molar-refractivity contribution in [3.8, 4) is 11.5 Å². The minimum atomic E-state index is -0.422. The van der Waals surface area contributed by atoms with Crippen LogP contribution < -0.4 is 20.3 Å². The molecule has 2 N–H and O–H groups in total. The molecular weight excluding hydrogens is 356 g/mol. The van der Waals surface area contributed by atoms with Crippen LogP contribution in [0, 0.1) is 0 Å². The van der Waals surface area contributed by atoms with Crippen molar-refractivity contribution in [1.82, 2.24) is 10.9 Å². The lowest BCUT2D eigenvalue weighted by atomic mass is 9.96. The van der Waals surface area contributed by atoms with Crippen molar-refractivity contribution < 1.29 is 19.1 Å². The molecule has 0 saturated heterocycles. The number of benzene rings is 2. The van der Waals surface area contributed by atoms with Crippen molar-refractivity contribution in [3.63, 3.8) is 0 Å². The van der Waals surface area contributed by atoms with Crippen molar-refractivity contribution in [2.45, 2.75) is 39.0 Å². The molecule has 2 rings (SSSR count). The number of carbonyl (C=O) groups is 2. The number of hydrogen-bond donors (Lipinski definition) is 2. The average molecular weight is 384 g/mol. The Morgan fingerprint density at radius 1 is 1.00 bits per heavy atom. The second-order valence-electron chi connectivity index (χ2n) is 6.38. The molecule has 6 nitrogen and oxygen atoms in total. The SMILES string of the molecule is CCCCOc1ccc(C(=O)NNC(=O)C(CC)c2ccccc2)cc1OC. The fourth-order valence-corrected chi connectivity index (χ4v) is 2.79. The average Bonchev–Trinajstić information content (AvgIpc) is 2.73. The number of hydrogen-bond acceptors (Lipinski definition) is 4. The third-order valence-electron chi connectivity index (χ3n) is 4.41. The third-order valence-corrected chi connectivity index (χ3v) is 4.41. The Balaban J connectivity index is 1.99. The molecule has 0 aliphatic rings. The smallest absolute Gasteiger partial charge is 0.269 e.